The summed E-state index contributed by atoms with van der Waals surface area (Å²) in [6.07, 6.45) is 1.07. The molecule has 0 aromatic rings. The number of nitrogens with one attached hydrogen (secondary N) is 1. The first-order chi connectivity index (χ1) is 6.70. The Bertz CT molecular complexity index is 153. The quantitative estimate of drug-likeness (QED) is 0.436. The maximum atomic E-state index is 10.4. The number of aliphatic hydroxyl groups excluding tert-OH is 1. The maximum Gasteiger partial charge on any atom is 0.317 e. The highest BCUT2D eigenvalue weighted by molar-refractivity contribution is 5.69. The van der Waals surface area contributed by atoms with Gasteiger partial charge in [0, 0.05) is 19.6 Å². The topological polar surface area (TPSA) is 72.8 Å². The first-order valence-electron chi connectivity index (χ1n) is 4.96. The summed E-state index contributed by atoms with van der Waals surface area (Å²) in [7, 11) is 0. The molecule has 0 amide bonds. The van der Waals surface area contributed by atoms with Crippen LogP contribution < -0.4 is 5.32 Å². The summed E-state index contributed by atoms with van der Waals surface area (Å²) in [6.45, 7) is 4.86. The van der Waals surface area contributed by atoms with Crippen LogP contribution in [0, 0.1) is 0 Å². The summed E-state index contributed by atoms with van der Waals surface area (Å²) in [5.41, 5.74) is 0. The number of hydrogen-bond acceptors (Lipinski definition) is 4. The minimum absolute atomic E-state index is 0.00105. The van der Waals surface area contributed by atoms with E-state index >= 15 is 0 Å². The number of nitrogens with zero attached hydrogens (tertiary/aromatic N) is 1. The van der Waals surface area contributed by atoms with E-state index < -0.39 is 5.97 Å². The number of aliphatic carboxylic acids is 1. The molecule has 5 heteroatoms. The van der Waals surface area contributed by atoms with E-state index in [1.165, 1.54) is 0 Å². The molecule has 84 valence electrons. The van der Waals surface area contributed by atoms with Crippen LogP contribution in [-0.4, -0.2) is 60.4 Å². The molecule has 0 saturated carbocycles. The zero-order chi connectivity index (χ0) is 10.8. The lowest BCUT2D eigenvalue weighted by Gasteiger charge is -2.18. The summed E-state index contributed by atoms with van der Waals surface area (Å²) >= 11 is 0. The molecule has 0 aromatic heterocycles. The van der Waals surface area contributed by atoms with E-state index in [0.29, 0.717) is 13.1 Å². The highest BCUT2D eigenvalue weighted by Crippen LogP contribution is 1.86. The van der Waals surface area contributed by atoms with Crippen molar-refractivity contribution in [2.75, 3.05) is 39.3 Å². The van der Waals surface area contributed by atoms with E-state index in [2.05, 4.69) is 12.2 Å². The molecular weight excluding hydrogens is 184 g/mol. The van der Waals surface area contributed by atoms with Gasteiger partial charge in [0.2, 0.25) is 0 Å². The summed E-state index contributed by atoms with van der Waals surface area (Å²) in [6, 6.07) is 0. The van der Waals surface area contributed by atoms with Crippen LogP contribution in [0.15, 0.2) is 0 Å². The number of rotatable bonds is 9. The number of aliphatic hydroxyl groups is 1. The molecule has 0 unspecified atom stereocenters. The second kappa shape index (κ2) is 8.93. The fourth-order valence-corrected chi connectivity index (χ4v) is 1.14. The molecule has 0 spiro atoms. The lowest BCUT2D eigenvalue weighted by molar-refractivity contribution is -0.138. The number of hydrogen-bond donors (Lipinski definition) is 3. The van der Waals surface area contributed by atoms with Crippen LogP contribution in [0.3, 0.4) is 0 Å². The van der Waals surface area contributed by atoms with E-state index in [0.717, 1.165) is 19.5 Å². The molecule has 0 saturated heterocycles. The van der Waals surface area contributed by atoms with E-state index in [1.54, 1.807) is 4.90 Å². The van der Waals surface area contributed by atoms with E-state index in [1.807, 2.05) is 0 Å². The van der Waals surface area contributed by atoms with Crippen molar-refractivity contribution >= 4 is 5.97 Å². The molecule has 0 aliphatic rings. The van der Waals surface area contributed by atoms with Gasteiger partial charge in [0.05, 0.1) is 13.2 Å². The van der Waals surface area contributed by atoms with Gasteiger partial charge in [-0.2, -0.15) is 0 Å². The molecule has 3 N–H and O–H groups in total. The van der Waals surface area contributed by atoms with Gasteiger partial charge in [-0.3, -0.25) is 9.69 Å². The molecule has 0 aliphatic heterocycles. The molecule has 0 fully saturated rings. The third-order valence-electron chi connectivity index (χ3n) is 1.81. The Labute approximate surface area is 84.7 Å². The van der Waals surface area contributed by atoms with Gasteiger partial charge >= 0.3 is 5.97 Å². The van der Waals surface area contributed by atoms with Crippen molar-refractivity contribution in [3.8, 4) is 0 Å². The Hall–Kier alpha value is -0.650. The summed E-state index contributed by atoms with van der Waals surface area (Å²) < 4.78 is 0. The Morgan fingerprint density at radius 3 is 2.57 bits per heavy atom. The molecule has 0 atom stereocenters. The van der Waals surface area contributed by atoms with Crippen LogP contribution in [-0.2, 0) is 4.79 Å². The Kier molecular flexibility index (Phi) is 8.51. The van der Waals surface area contributed by atoms with Crippen molar-refractivity contribution in [2.45, 2.75) is 13.3 Å². The van der Waals surface area contributed by atoms with Crippen LogP contribution in [0.1, 0.15) is 13.3 Å². The molecule has 0 bridgehead atoms. The zero-order valence-corrected chi connectivity index (χ0v) is 8.70. The third-order valence-corrected chi connectivity index (χ3v) is 1.81. The largest absolute Gasteiger partial charge is 0.480 e. The SMILES string of the molecule is CCCNCCN(CCO)CC(=O)O. The Balaban J connectivity index is 3.56. The summed E-state index contributed by atoms with van der Waals surface area (Å²) in [4.78, 5) is 12.1. The van der Waals surface area contributed by atoms with Crippen molar-refractivity contribution < 1.29 is 15.0 Å². The fraction of sp³-hybridized carbons (Fsp3) is 0.889. The predicted molar refractivity (Wildman–Crippen MR) is 54.3 cm³/mol. The highest BCUT2D eigenvalue weighted by Gasteiger charge is 2.07. The van der Waals surface area contributed by atoms with Crippen molar-refractivity contribution in [2.24, 2.45) is 0 Å². The van der Waals surface area contributed by atoms with Crippen molar-refractivity contribution in [3.63, 3.8) is 0 Å². The van der Waals surface area contributed by atoms with Gasteiger partial charge in [-0.25, -0.2) is 0 Å². The van der Waals surface area contributed by atoms with E-state index in [9.17, 15) is 4.79 Å². The molecule has 0 aliphatic carbocycles. The fourth-order valence-electron chi connectivity index (χ4n) is 1.14. The van der Waals surface area contributed by atoms with Crippen LogP contribution in [0.4, 0.5) is 0 Å². The third kappa shape index (κ3) is 7.97. The zero-order valence-electron chi connectivity index (χ0n) is 8.70. The second-order valence-corrected chi connectivity index (χ2v) is 3.14. The maximum absolute atomic E-state index is 10.4. The average molecular weight is 204 g/mol. The molecule has 0 aromatic carbocycles. The summed E-state index contributed by atoms with van der Waals surface area (Å²) in [5, 5.41) is 20.4. The molecule has 5 nitrogen and oxygen atoms in total. The van der Waals surface area contributed by atoms with E-state index in [-0.39, 0.29) is 13.2 Å². The first kappa shape index (κ1) is 13.4. The van der Waals surface area contributed by atoms with Crippen LogP contribution in [0.25, 0.3) is 0 Å². The molecular formula is C9H20N2O3. The Morgan fingerprint density at radius 2 is 2.07 bits per heavy atom. The molecule has 14 heavy (non-hydrogen) atoms. The monoisotopic (exact) mass is 204 g/mol. The highest BCUT2D eigenvalue weighted by atomic mass is 16.4. The average Bonchev–Trinajstić information content (AvgIpc) is 2.12. The molecule has 0 heterocycles. The lowest BCUT2D eigenvalue weighted by atomic mass is 10.4. The van der Waals surface area contributed by atoms with Crippen LogP contribution >= 0.6 is 0 Å². The van der Waals surface area contributed by atoms with Gasteiger partial charge in [-0.05, 0) is 13.0 Å². The van der Waals surface area contributed by atoms with Crippen molar-refractivity contribution in [1.82, 2.24) is 10.2 Å². The van der Waals surface area contributed by atoms with Crippen LogP contribution in [0.5, 0.6) is 0 Å². The normalized spacial score (nSPS) is 10.8. The first-order valence-corrected chi connectivity index (χ1v) is 4.96. The lowest BCUT2D eigenvalue weighted by Crippen LogP contribution is -2.37. The van der Waals surface area contributed by atoms with Gasteiger partial charge in [0.1, 0.15) is 0 Å². The standard InChI is InChI=1S/C9H20N2O3/c1-2-3-10-4-5-11(6-7-12)8-9(13)14/h10,12H,2-8H2,1H3,(H,13,14). The van der Waals surface area contributed by atoms with Gasteiger partial charge < -0.3 is 15.5 Å². The predicted octanol–water partition coefficient (Wildman–Crippen LogP) is -0.635. The number of carboxylic acids is 1. The smallest absolute Gasteiger partial charge is 0.317 e. The van der Waals surface area contributed by atoms with Gasteiger partial charge in [-0.1, -0.05) is 6.92 Å². The van der Waals surface area contributed by atoms with Gasteiger partial charge in [0.15, 0.2) is 0 Å². The second-order valence-electron chi connectivity index (χ2n) is 3.14. The number of carboxylic acid groups (broad SMARTS) is 1. The number of carbonyl (C=O) groups is 1. The van der Waals surface area contributed by atoms with Crippen molar-refractivity contribution in [1.29, 1.82) is 0 Å². The van der Waals surface area contributed by atoms with Gasteiger partial charge in [0.25, 0.3) is 0 Å². The minimum Gasteiger partial charge on any atom is -0.480 e. The van der Waals surface area contributed by atoms with E-state index in [4.69, 9.17) is 10.2 Å². The molecule has 0 radical (unpaired) electrons. The van der Waals surface area contributed by atoms with Crippen molar-refractivity contribution in [3.05, 3.63) is 0 Å². The summed E-state index contributed by atoms with van der Waals surface area (Å²) in [5.74, 6) is -0.853. The minimum atomic E-state index is -0.853. The van der Waals surface area contributed by atoms with Gasteiger partial charge in [-0.15, -0.1) is 0 Å². The van der Waals surface area contributed by atoms with Crippen LogP contribution in [0.2, 0.25) is 0 Å². The Morgan fingerprint density at radius 1 is 1.36 bits per heavy atom. The molecule has 0 rings (SSSR count).